The Morgan fingerprint density at radius 2 is 1.72 bits per heavy atom. The fourth-order valence-corrected chi connectivity index (χ4v) is 2.00. The van der Waals surface area contributed by atoms with Crippen LogP contribution < -0.4 is 5.32 Å². The molecule has 1 amide bonds. The third-order valence-electron chi connectivity index (χ3n) is 3.30. The molecule has 4 nitrogen and oxygen atoms in total. The summed E-state index contributed by atoms with van der Waals surface area (Å²) in [6, 6.07) is -0.349. The lowest BCUT2D eigenvalue weighted by molar-refractivity contribution is -0.182. The van der Waals surface area contributed by atoms with Gasteiger partial charge in [-0.15, -0.1) is 0 Å². The van der Waals surface area contributed by atoms with Crippen LogP contribution in [0, 0.1) is 11.8 Å². The molecule has 18 heavy (non-hydrogen) atoms. The van der Waals surface area contributed by atoms with Gasteiger partial charge in [0.2, 0.25) is 5.91 Å². The van der Waals surface area contributed by atoms with E-state index in [1.807, 2.05) is 0 Å². The first kappa shape index (κ1) is 14.8. The number of alkyl halides is 3. The molecule has 0 spiro atoms. The number of amides is 1. The van der Waals surface area contributed by atoms with E-state index in [4.69, 9.17) is 5.11 Å². The van der Waals surface area contributed by atoms with Crippen molar-refractivity contribution in [2.45, 2.75) is 44.8 Å². The number of hydrogen-bond acceptors (Lipinski definition) is 2. The summed E-state index contributed by atoms with van der Waals surface area (Å²) in [6.45, 7) is 1.25. The minimum atomic E-state index is -4.18. The highest BCUT2D eigenvalue weighted by Gasteiger charge is 2.41. The van der Waals surface area contributed by atoms with E-state index in [2.05, 4.69) is 5.32 Å². The molecule has 7 heteroatoms. The van der Waals surface area contributed by atoms with Gasteiger partial charge >= 0.3 is 12.1 Å². The second-order valence-electron chi connectivity index (χ2n) is 4.66. The summed E-state index contributed by atoms with van der Waals surface area (Å²) in [7, 11) is 0. The zero-order chi connectivity index (χ0) is 13.9. The third kappa shape index (κ3) is 3.89. The van der Waals surface area contributed by atoms with Gasteiger partial charge in [0.05, 0.1) is 5.92 Å². The van der Waals surface area contributed by atoms with Crippen molar-refractivity contribution in [3.63, 3.8) is 0 Å². The van der Waals surface area contributed by atoms with Gasteiger partial charge in [-0.25, -0.2) is 0 Å². The molecule has 1 rings (SSSR count). The molecule has 1 saturated carbocycles. The predicted molar refractivity (Wildman–Crippen MR) is 56.7 cm³/mol. The zero-order valence-electron chi connectivity index (χ0n) is 9.96. The predicted octanol–water partition coefficient (Wildman–Crippen LogP) is 1.94. The molecule has 1 aliphatic rings. The van der Waals surface area contributed by atoms with Crippen LogP contribution >= 0.6 is 0 Å². The van der Waals surface area contributed by atoms with Crippen LogP contribution in [0.15, 0.2) is 0 Å². The van der Waals surface area contributed by atoms with Gasteiger partial charge in [-0.1, -0.05) is 0 Å². The maximum Gasteiger partial charge on any atom is 0.391 e. The smallest absolute Gasteiger partial charge is 0.391 e. The van der Waals surface area contributed by atoms with Crippen molar-refractivity contribution in [1.29, 1.82) is 0 Å². The van der Waals surface area contributed by atoms with E-state index in [1.165, 1.54) is 6.92 Å². The second kappa shape index (κ2) is 5.58. The summed E-state index contributed by atoms with van der Waals surface area (Å²) in [4.78, 5) is 22.0. The van der Waals surface area contributed by atoms with E-state index in [-0.39, 0.29) is 31.7 Å². The quantitative estimate of drug-likeness (QED) is 0.768. The lowest BCUT2D eigenvalue weighted by atomic mass is 9.85. The van der Waals surface area contributed by atoms with E-state index in [9.17, 15) is 22.8 Å². The Hall–Kier alpha value is -1.27. The number of carboxylic acids is 1. The number of rotatable bonds is 3. The average molecular weight is 267 g/mol. The van der Waals surface area contributed by atoms with Crippen molar-refractivity contribution in [2.24, 2.45) is 11.8 Å². The second-order valence-corrected chi connectivity index (χ2v) is 4.66. The van der Waals surface area contributed by atoms with Crippen LogP contribution in [0.5, 0.6) is 0 Å². The summed E-state index contributed by atoms with van der Waals surface area (Å²) < 4.78 is 37.2. The van der Waals surface area contributed by atoms with E-state index < -0.39 is 29.9 Å². The average Bonchev–Trinajstić information content (AvgIpc) is 2.27. The molecule has 2 N–H and O–H groups in total. The summed E-state index contributed by atoms with van der Waals surface area (Å²) in [5.41, 5.74) is 0. The molecule has 0 aromatic heterocycles. The first-order chi connectivity index (χ1) is 8.21. The topological polar surface area (TPSA) is 66.4 Å². The number of hydrogen-bond donors (Lipinski definition) is 2. The highest BCUT2D eigenvalue weighted by molar-refractivity contribution is 5.96. The first-order valence-corrected chi connectivity index (χ1v) is 5.81. The molecular formula is C11H16F3NO3. The molecule has 104 valence electrons. The van der Waals surface area contributed by atoms with Crippen molar-refractivity contribution < 1.29 is 27.9 Å². The number of aliphatic carboxylic acids is 1. The first-order valence-electron chi connectivity index (χ1n) is 5.81. The minimum Gasteiger partial charge on any atom is -0.481 e. The maximum atomic E-state index is 12.4. The van der Waals surface area contributed by atoms with Crippen LogP contribution in [0.25, 0.3) is 0 Å². The molecule has 0 aromatic rings. The molecule has 1 aliphatic carbocycles. The summed E-state index contributed by atoms with van der Waals surface area (Å²) in [5, 5.41) is 11.1. The normalized spacial score (nSPS) is 26.4. The van der Waals surface area contributed by atoms with Crippen molar-refractivity contribution >= 4 is 11.9 Å². The van der Waals surface area contributed by atoms with E-state index in [0.717, 1.165) is 0 Å². The monoisotopic (exact) mass is 267 g/mol. The van der Waals surface area contributed by atoms with Gasteiger partial charge in [0.1, 0.15) is 5.92 Å². The van der Waals surface area contributed by atoms with E-state index in [0.29, 0.717) is 0 Å². The number of carboxylic acid groups (broad SMARTS) is 1. The fraction of sp³-hybridized carbons (Fsp3) is 0.818. The molecule has 0 saturated heterocycles. The van der Waals surface area contributed by atoms with Crippen LogP contribution in [0.4, 0.5) is 13.2 Å². The Morgan fingerprint density at radius 1 is 1.22 bits per heavy atom. The molecular weight excluding hydrogens is 251 g/mol. The Bertz CT molecular complexity index is 322. The largest absolute Gasteiger partial charge is 0.481 e. The standard InChI is InChI=1S/C11H16F3NO3/c1-6(10(17)18)9(16)15-8-4-2-7(3-5-8)11(12,13)14/h6-8H,2-5H2,1H3,(H,15,16)(H,17,18). The van der Waals surface area contributed by atoms with Crippen LogP contribution in [0.1, 0.15) is 32.6 Å². The fourth-order valence-electron chi connectivity index (χ4n) is 2.00. The molecule has 0 bridgehead atoms. The molecule has 1 unspecified atom stereocenters. The molecule has 0 aliphatic heterocycles. The van der Waals surface area contributed by atoms with Crippen LogP contribution in [0.2, 0.25) is 0 Å². The number of carbonyl (C=O) groups excluding carboxylic acids is 1. The molecule has 1 fully saturated rings. The lowest BCUT2D eigenvalue weighted by Gasteiger charge is -2.30. The van der Waals surface area contributed by atoms with Crippen LogP contribution in [-0.4, -0.2) is 29.2 Å². The Balaban J connectivity index is 2.40. The molecule has 1 atom stereocenters. The molecule has 0 radical (unpaired) electrons. The molecule has 0 aromatic carbocycles. The minimum absolute atomic E-state index is 0.0180. The van der Waals surface area contributed by atoms with Crippen molar-refractivity contribution in [3.8, 4) is 0 Å². The maximum absolute atomic E-state index is 12.4. The van der Waals surface area contributed by atoms with Crippen LogP contribution in [0.3, 0.4) is 0 Å². The summed E-state index contributed by atoms with van der Waals surface area (Å²) in [5.74, 6) is -4.36. The van der Waals surface area contributed by atoms with Gasteiger partial charge in [-0.3, -0.25) is 9.59 Å². The van der Waals surface area contributed by atoms with Gasteiger partial charge < -0.3 is 10.4 Å². The Morgan fingerprint density at radius 3 is 2.11 bits per heavy atom. The van der Waals surface area contributed by atoms with Gasteiger partial charge in [0, 0.05) is 6.04 Å². The van der Waals surface area contributed by atoms with Gasteiger partial charge in [-0.05, 0) is 32.6 Å². The van der Waals surface area contributed by atoms with Crippen molar-refractivity contribution in [1.82, 2.24) is 5.32 Å². The van der Waals surface area contributed by atoms with Crippen molar-refractivity contribution in [3.05, 3.63) is 0 Å². The SMILES string of the molecule is CC(C(=O)O)C(=O)NC1CCC(C(F)(F)F)CC1. The number of carbonyl (C=O) groups is 2. The summed E-state index contributed by atoms with van der Waals surface area (Å²) in [6.07, 6.45) is -3.74. The lowest BCUT2D eigenvalue weighted by Crippen LogP contribution is -2.43. The van der Waals surface area contributed by atoms with E-state index >= 15 is 0 Å². The molecule has 0 heterocycles. The van der Waals surface area contributed by atoms with Crippen LogP contribution in [-0.2, 0) is 9.59 Å². The van der Waals surface area contributed by atoms with Gasteiger partial charge in [0.25, 0.3) is 0 Å². The Kier molecular flexibility index (Phi) is 4.59. The van der Waals surface area contributed by atoms with Gasteiger partial charge in [-0.2, -0.15) is 13.2 Å². The Labute approximate surface area is 103 Å². The summed E-state index contributed by atoms with van der Waals surface area (Å²) >= 11 is 0. The number of nitrogens with one attached hydrogen (secondary N) is 1. The highest BCUT2D eigenvalue weighted by Crippen LogP contribution is 2.37. The third-order valence-corrected chi connectivity index (χ3v) is 3.30. The number of halogens is 3. The highest BCUT2D eigenvalue weighted by atomic mass is 19.4. The van der Waals surface area contributed by atoms with E-state index in [1.54, 1.807) is 0 Å². The van der Waals surface area contributed by atoms with Crippen molar-refractivity contribution in [2.75, 3.05) is 0 Å². The van der Waals surface area contributed by atoms with Gasteiger partial charge in [0.15, 0.2) is 0 Å². The zero-order valence-corrected chi connectivity index (χ0v) is 9.96.